The van der Waals surface area contributed by atoms with E-state index < -0.39 is 0 Å². The van der Waals surface area contributed by atoms with Crippen molar-refractivity contribution in [2.75, 3.05) is 26.7 Å². The number of benzene rings is 1. The second-order valence-electron chi connectivity index (χ2n) is 3.86. The fraction of sp³-hybridized carbons (Fsp3) is 0.538. The Bertz CT molecular complexity index is 302. The number of rotatable bonds is 7. The molecule has 0 aromatic heterocycles. The fourth-order valence-electron chi connectivity index (χ4n) is 1.69. The number of nitrogens with two attached hydrogens (primary N) is 1. The van der Waals surface area contributed by atoms with Crippen LogP contribution >= 0.6 is 0 Å². The van der Waals surface area contributed by atoms with E-state index in [2.05, 4.69) is 24.0 Å². The molecule has 0 heterocycles. The van der Waals surface area contributed by atoms with Crippen LogP contribution in [0, 0.1) is 0 Å². The molecular weight excluding hydrogens is 200 g/mol. The van der Waals surface area contributed by atoms with Crippen LogP contribution in [-0.4, -0.2) is 31.6 Å². The molecule has 2 N–H and O–H groups in total. The first kappa shape index (κ1) is 13.0. The van der Waals surface area contributed by atoms with Crippen LogP contribution in [0.25, 0.3) is 0 Å². The van der Waals surface area contributed by atoms with Gasteiger partial charge in [-0.25, -0.2) is 0 Å². The number of nitrogens with zero attached hydrogens (tertiary/aromatic N) is 1. The fourth-order valence-corrected chi connectivity index (χ4v) is 1.69. The molecule has 90 valence electrons. The second-order valence-corrected chi connectivity index (χ2v) is 3.86. The first-order valence-electron chi connectivity index (χ1n) is 5.85. The van der Waals surface area contributed by atoms with Gasteiger partial charge in [0.15, 0.2) is 0 Å². The summed E-state index contributed by atoms with van der Waals surface area (Å²) in [5, 5.41) is 0. The molecule has 0 bridgehead atoms. The summed E-state index contributed by atoms with van der Waals surface area (Å²) in [6.45, 7) is 6.01. The first-order chi connectivity index (χ1) is 7.80. The lowest BCUT2D eigenvalue weighted by molar-refractivity contribution is 0.277. The van der Waals surface area contributed by atoms with Gasteiger partial charge in [0.05, 0.1) is 7.11 Å². The number of hydrogen-bond acceptors (Lipinski definition) is 3. The maximum Gasteiger partial charge on any atom is 0.119 e. The molecule has 0 unspecified atom stereocenters. The average molecular weight is 222 g/mol. The molecule has 0 aliphatic heterocycles. The van der Waals surface area contributed by atoms with Crippen LogP contribution in [0.3, 0.4) is 0 Å². The van der Waals surface area contributed by atoms with E-state index in [1.54, 1.807) is 7.11 Å². The smallest absolute Gasteiger partial charge is 0.119 e. The zero-order chi connectivity index (χ0) is 11.8. The molecular formula is C13H22N2O. The summed E-state index contributed by atoms with van der Waals surface area (Å²) in [5.41, 5.74) is 6.81. The largest absolute Gasteiger partial charge is 0.497 e. The van der Waals surface area contributed by atoms with E-state index in [1.807, 2.05) is 12.1 Å². The Balaban J connectivity index is 2.55. The van der Waals surface area contributed by atoms with Crippen LogP contribution in [0.1, 0.15) is 18.9 Å². The van der Waals surface area contributed by atoms with Gasteiger partial charge in [-0.1, -0.05) is 19.1 Å². The van der Waals surface area contributed by atoms with Crippen molar-refractivity contribution in [3.63, 3.8) is 0 Å². The Hall–Kier alpha value is -1.06. The summed E-state index contributed by atoms with van der Waals surface area (Å²) in [5.74, 6) is 0.923. The average Bonchev–Trinajstić information content (AvgIpc) is 2.34. The Kier molecular flexibility index (Phi) is 5.90. The molecule has 1 rings (SSSR count). The monoisotopic (exact) mass is 222 g/mol. The Morgan fingerprint density at radius 1 is 1.38 bits per heavy atom. The molecule has 0 fully saturated rings. The van der Waals surface area contributed by atoms with Crippen LogP contribution in [0.15, 0.2) is 24.3 Å². The van der Waals surface area contributed by atoms with Crippen LogP contribution in [0.5, 0.6) is 5.75 Å². The van der Waals surface area contributed by atoms with Gasteiger partial charge in [-0.05, 0) is 43.8 Å². The van der Waals surface area contributed by atoms with Crippen molar-refractivity contribution in [2.45, 2.75) is 19.9 Å². The van der Waals surface area contributed by atoms with Crippen molar-refractivity contribution in [3.05, 3.63) is 29.8 Å². The van der Waals surface area contributed by atoms with Crippen molar-refractivity contribution in [3.8, 4) is 5.75 Å². The summed E-state index contributed by atoms with van der Waals surface area (Å²) < 4.78 is 5.21. The predicted molar refractivity (Wildman–Crippen MR) is 67.6 cm³/mol. The topological polar surface area (TPSA) is 38.5 Å². The van der Waals surface area contributed by atoms with E-state index >= 15 is 0 Å². The van der Waals surface area contributed by atoms with E-state index in [4.69, 9.17) is 10.5 Å². The van der Waals surface area contributed by atoms with Crippen molar-refractivity contribution in [1.82, 2.24) is 4.90 Å². The number of methoxy groups -OCH3 is 1. The Morgan fingerprint density at radius 2 is 2.19 bits per heavy atom. The zero-order valence-corrected chi connectivity index (χ0v) is 10.3. The summed E-state index contributed by atoms with van der Waals surface area (Å²) in [7, 11) is 1.70. The third kappa shape index (κ3) is 4.21. The minimum absolute atomic E-state index is 0.759. The highest BCUT2D eigenvalue weighted by Gasteiger charge is 2.03. The summed E-state index contributed by atoms with van der Waals surface area (Å²) in [6.07, 6.45) is 1.05. The molecule has 1 aromatic rings. The van der Waals surface area contributed by atoms with Crippen molar-refractivity contribution in [2.24, 2.45) is 5.73 Å². The van der Waals surface area contributed by atoms with Gasteiger partial charge in [-0.3, -0.25) is 4.90 Å². The molecule has 0 aliphatic carbocycles. The summed E-state index contributed by atoms with van der Waals surface area (Å²) in [4.78, 5) is 2.39. The third-order valence-corrected chi connectivity index (χ3v) is 2.67. The molecule has 16 heavy (non-hydrogen) atoms. The molecule has 0 radical (unpaired) electrons. The summed E-state index contributed by atoms with van der Waals surface area (Å²) in [6, 6.07) is 8.23. The SMILES string of the molecule is CCN(CCCN)Cc1cccc(OC)c1. The lowest BCUT2D eigenvalue weighted by Crippen LogP contribution is -2.25. The standard InChI is InChI=1S/C13H22N2O/c1-3-15(9-5-8-14)11-12-6-4-7-13(10-12)16-2/h4,6-7,10H,3,5,8-9,11,14H2,1-2H3. The predicted octanol–water partition coefficient (Wildman–Crippen LogP) is 1.87. The molecule has 3 nitrogen and oxygen atoms in total. The molecule has 0 amide bonds. The van der Waals surface area contributed by atoms with Crippen molar-refractivity contribution >= 4 is 0 Å². The molecule has 1 aromatic carbocycles. The van der Waals surface area contributed by atoms with Crippen molar-refractivity contribution < 1.29 is 4.74 Å². The van der Waals surface area contributed by atoms with Crippen LogP contribution in [0.2, 0.25) is 0 Å². The molecule has 0 atom stereocenters. The lowest BCUT2D eigenvalue weighted by Gasteiger charge is -2.20. The van der Waals surface area contributed by atoms with Gasteiger partial charge in [-0.15, -0.1) is 0 Å². The van der Waals surface area contributed by atoms with Crippen LogP contribution in [0.4, 0.5) is 0 Å². The summed E-state index contributed by atoms with van der Waals surface area (Å²) >= 11 is 0. The normalized spacial score (nSPS) is 10.8. The van der Waals surface area contributed by atoms with E-state index in [9.17, 15) is 0 Å². The van der Waals surface area contributed by atoms with Gasteiger partial charge in [0.2, 0.25) is 0 Å². The maximum absolute atomic E-state index is 5.52. The Morgan fingerprint density at radius 3 is 2.81 bits per heavy atom. The Labute approximate surface area is 98.2 Å². The van der Waals surface area contributed by atoms with Gasteiger partial charge in [0.1, 0.15) is 5.75 Å². The first-order valence-corrected chi connectivity index (χ1v) is 5.85. The van der Waals surface area contributed by atoms with Crippen molar-refractivity contribution in [1.29, 1.82) is 0 Å². The number of hydrogen-bond donors (Lipinski definition) is 1. The van der Waals surface area contributed by atoms with Gasteiger partial charge >= 0.3 is 0 Å². The van der Waals surface area contributed by atoms with Crippen LogP contribution < -0.4 is 10.5 Å². The molecule has 0 aliphatic rings. The highest BCUT2D eigenvalue weighted by atomic mass is 16.5. The minimum atomic E-state index is 0.759. The zero-order valence-electron chi connectivity index (χ0n) is 10.3. The van der Waals surface area contributed by atoms with Gasteiger partial charge in [0, 0.05) is 6.54 Å². The molecule has 0 saturated carbocycles. The third-order valence-electron chi connectivity index (χ3n) is 2.67. The van der Waals surface area contributed by atoms with Gasteiger partial charge in [0.25, 0.3) is 0 Å². The van der Waals surface area contributed by atoms with Gasteiger partial charge < -0.3 is 10.5 Å². The van der Waals surface area contributed by atoms with E-state index in [0.29, 0.717) is 0 Å². The number of ether oxygens (including phenoxy) is 1. The highest BCUT2D eigenvalue weighted by Crippen LogP contribution is 2.14. The minimum Gasteiger partial charge on any atom is -0.497 e. The maximum atomic E-state index is 5.52. The highest BCUT2D eigenvalue weighted by molar-refractivity contribution is 5.28. The quantitative estimate of drug-likeness (QED) is 0.765. The van der Waals surface area contributed by atoms with Gasteiger partial charge in [-0.2, -0.15) is 0 Å². The van der Waals surface area contributed by atoms with E-state index in [0.717, 1.165) is 38.3 Å². The van der Waals surface area contributed by atoms with E-state index in [1.165, 1.54) is 5.56 Å². The molecule has 0 saturated heterocycles. The van der Waals surface area contributed by atoms with Crippen LogP contribution in [-0.2, 0) is 6.54 Å². The second kappa shape index (κ2) is 7.25. The lowest BCUT2D eigenvalue weighted by atomic mass is 10.2. The molecule has 0 spiro atoms. The molecule has 3 heteroatoms. The van der Waals surface area contributed by atoms with E-state index in [-0.39, 0.29) is 0 Å².